The predicted molar refractivity (Wildman–Crippen MR) is 115 cm³/mol. The van der Waals surface area contributed by atoms with Crippen molar-refractivity contribution in [3.63, 3.8) is 0 Å². The van der Waals surface area contributed by atoms with E-state index in [1.807, 2.05) is 18.2 Å². The number of hydrogen-bond acceptors (Lipinski definition) is 5. The summed E-state index contributed by atoms with van der Waals surface area (Å²) in [6, 6.07) is 16.3. The Labute approximate surface area is 181 Å². The standard InChI is InChI=1S/C24H27FN4O2/c25-21-10-8-19(9-11-21)23-27-22(31-28-23)17-29-15-12-20(13-16-29)24(30)26-14-4-7-18-5-2-1-3-6-18/h1-3,5-6,8-11,20H,4,7,12-17H2,(H,26,30). The van der Waals surface area contributed by atoms with Gasteiger partial charge in [-0.05, 0) is 68.6 Å². The topological polar surface area (TPSA) is 71.3 Å². The van der Waals surface area contributed by atoms with Gasteiger partial charge in [0.05, 0.1) is 6.54 Å². The van der Waals surface area contributed by atoms with Crippen LogP contribution in [0, 0.1) is 11.7 Å². The molecule has 1 N–H and O–H groups in total. The van der Waals surface area contributed by atoms with Gasteiger partial charge in [-0.3, -0.25) is 9.69 Å². The van der Waals surface area contributed by atoms with Crippen LogP contribution in [0.2, 0.25) is 0 Å². The molecule has 0 aliphatic carbocycles. The second-order valence-electron chi connectivity index (χ2n) is 7.95. The average molecular weight is 423 g/mol. The average Bonchev–Trinajstić information content (AvgIpc) is 3.27. The van der Waals surface area contributed by atoms with E-state index in [2.05, 4.69) is 32.5 Å². The molecule has 31 heavy (non-hydrogen) atoms. The molecule has 4 rings (SSSR count). The second-order valence-corrected chi connectivity index (χ2v) is 7.95. The van der Waals surface area contributed by atoms with Gasteiger partial charge in [0.25, 0.3) is 0 Å². The Kier molecular flexibility index (Phi) is 7.04. The van der Waals surface area contributed by atoms with Crippen molar-refractivity contribution in [2.75, 3.05) is 19.6 Å². The molecule has 0 radical (unpaired) electrons. The highest BCUT2D eigenvalue weighted by Crippen LogP contribution is 2.21. The van der Waals surface area contributed by atoms with Crippen molar-refractivity contribution >= 4 is 5.91 Å². The number of aromatic nitrogens is 2. The van der Waals surface area contributed by atoms with Crippen molar-refractivity contribution in [2.45, 2.75) is 32.2 Å². The number of rotatable bonds is 8. The zero-order valence-corrected chi connectivity index (χ0v) is 17.5. The third kappa shape index (κ3) is 5.98. The fourth-order valence-electron chi connectivity index (χ4n) is 3.87. The molecule has 1 fully saturated rings. The van der Waals surface area contributed by atoms with Crippen LogP contribution in [-0.4, -0.2) is 40.6 Å². The molecule has 0 atom stereocenters. The number of carbonyl (C=O) groups is 1. The molecule has 3 aromatic rings. The third-order valence-corrected chi connectivity index (χ3v) is 5.67. The van der Waals surface area contributed by atoms with Crippen molar-refractivity contribution in [1.29, 1.82) is 0 Å². The lowest BCUT2D eigenvalue weighted by molar-refractivity contribution is -0.126. The molecular formula is C24H27FN4O2. The summed E-state index contributed by atoms with van der Waals surface area (Å²) in [6.07, 6.45) is 3.57. The minimum atomic E-state index is -0.296. The normalized spacial score (nSPS) is 15.1. The minimum Gasteiger partial charge on any atom is -0.356 e. The van der Waals surface area contributed by atoms with Crippen molar-refractivity contribution in [3.8, 4) is 11.4 Å². The molecule has 0 unspecified atom stereocenters. The van der Waals surface area contributed by atoms with Crippen LogP contribution in [0.15, 0.2) is 59.1 Å². The van der Waals surface area contributed by atoms with Crippen LogP contribution in [0.5, 0.6) is 0 Å². The van der Waals surface area contributed by atoms with Gasteiger partial charge < -0.3 is 9.84 Å². The Morgan fingerprint density at radius 1 is 1.10 bits per heavy atom. The van der Waals surface area contributed by atoms with E-state index >= 15 is 0 Å². The molecule has 2 heterocycles. The number of piperidine rings is 1. The molecule has 0 bridgehead atoms. The van der Waals surface area contributed by atoms with Gasteiger partial charge in [0, 0.05) is 18.0 Å². The van der Waals surface area contributed by atoms with Crippen molar-refractivity contribution in [3.05, 3.63) is 71.9 Å². The first-order valence-corrected chi connectivity index (χ1v) is 10.8. The number of nitrogens with one attached hydrogen (secondary N) is 1. The summed E-state index contributed by atoms with van der Waals surface area (Å²) >= 11 is 0. The van der Waals surface area contributed by atoms with E-state index in [0.29, 0.717) is 24.8 Å². The molecule has 162 valence electrons. The maximum Gasteiger partial charge on any atom is 0.241 e. The lowest BCUT2D eigenvalue weighted by Crippen LogP contribution is -2.40. The molecule has 1 amide bonds. The number of aryl methyl sites for hydroxylation is 1. The number of likely N-dealkylation sites (tertiary alicyclic amines) is 1. The van der Waals surface area contributed by atoms with Gasteiger partial charge in [0.1, 0.15) is 5.82 Å². The maximum absolute atomic E-state index is 13.1. The summed E-state index contributed by atoms with van der Waals surface area (Å²) in [6.45, 7) is 2.90. The van der Waals surface area contributed by atoms with Gasteiger partial charge >= 0.3 is 0 Å². The molecular weight excluding hydrogens is 395 g/mol. The van der Waals surface area contributed by atoms with E-state index in [9.17, 15) is 9.18 Å². The molecule has 7 heteroatoms. The quantitative estimate of drug-likeness (QED) is 0.559. The van der Waals surface area contributed by atoms with Crippen molar-refractivity contribution in [1.82, 2.24) is 20.4 Å². The summed E-state index contributed by atoms with van der Waals surface area (Å²) in [5, 5.41) is 7.08. The summed E-state index contributed by atoms with van der Waals surface area (Å²) in [4.78, 5) is 19.1. The lowest BCUT2D eigenvalue weighted by Gasteiger charge is -2.30. The number of nitrogens with zero attached hydrogens (tertiary/aromatic N) is 3. The lowest BCUT2D eigenvalue weighted by atomic mass is 9.96. The minimum absolute atomic E-state index is 0.0606. The molecule has 1 aromatic heterocycles. The number of benzene rings is 2. The fourth-order valence-corrected chi connectivity index (χ4v) is 3.87. The fraction of sp³-hybridized carbons (Fsp3) is 0.375. The number of amides is 1. The largest absolute Gasteiger partial charge is 0.356 e. The molecule has 0 spiro atoms. The van der Waals surface area contributed by atoms with Crippen molar-refractivity contribution < 1.29 is 13.7 Å². The first-order valence-electron chi connectivity index (χ1n) is 10.8. The predicted octanol–water partition coefficient (Wildman–Crippen LogP) is 3.84. The van der Waals surface area contributed by atoms with Gasteiger partial charge in [0.2, 0.25) is 17.6 Å². The molecule has 6 nitrogen and oxygen atoms in total. The summed E-state index contributed by atoms with van der Waals surface area (Å²) in [5.74, 6) is 0.910. The number of hydrogen-bond donors (Lipinski definition) is 1. The van der Waals surface area contributed by atoms with Gasteiger partial charge in [-0.2, -0.15) is 4.98 Å². The summed E-state index contributed by atoms with van der Waals surface area (Å²) in [5.41, 5.74) is 2.02. The SMILES string of the molecule is O=C(NCCCc1ccccc1)C1CCN(Cc2nc(-c3ccc(F)cc3)no2)CC1. The van der Waals surface area contributed by atoms with E-state index in [0.717, 1.165) is 44.3 Å². The van der Waals surface area contributed by atoms with Crippen LogP contribution in [-0.2, 0) is 17.8 Å². The Bertz CT molecular complexity index is 967. The summed E-state index contributed by atoms with van der Waals surface area (Å²) in [7, 11) is 0. The van der Waals surface area contributed by atoms with E-state index in [1.54, 1.807) is 12.1 Å². The van der Waals surface area contributed by atoms with Gasteiger partial charge in [-0.15, -0.1) is 0 Å². The van der Waals surface area contributed by atoms with Crippen LogP contribution < -0.4 is 5.32 Å². The van der Waals surface area contributed by atoms with Crippen LogP contribution in [0.4, 0.5) is 4.39 Å². The van der Waals surface area contributed by atoms with Gasteiger partial charge in [-0.1, -0.05) is 35.5 Å². The second kappa shape index (κ2) is 10.3. The van der Waals surface area contributed by atoms with Crippen LogP contribution >= 0.6 is 0 Å². The van der Waals surface area contributed by atoms with E-state index in [4.69, 9.17) is 4.52 Å². The van der Waals surface area contributed by atoms with E-state index in [-0.39, 0.29) is 17.6 Å². The molecule has 1 saturated heterocycles. The Hall–Kier alpha value is -3.06. The Morgan fingerprint density at radius 2 is 1.84 bits per heavy atom. The highest BCUT2D eigenvalue weighted by atomic mass is 19.1. The molecule has 1 aliphatic heterocycles. The van der Waals surface area contributed by atoms with Crippen LogP contribution in [0.3, 0.4) is 0 Å². The Morgan fingerprint density at radius 3 is 2.58 bits per heavy atom. The van der Waals surface area contributed by atoms with Crippen LogP contribution in [0.25, 0.3) is 11.4 Å². The first kappa shape index (κ1) is 21.2. The zero-order valence-electron chi connectivity index (χ0n) is 17.5. The number of halogens is 1. The monoisotopic (exact) mass is 422 g/mol. The van der Waals surface area contributed by atoms with Gasteiger partial charge in [-0.25, -0.2) is 4.39 Å². The molecule has 1 aliphatic rings. The smallest absolute Gasteiger partial charge is 0.241 e. The van der Waals surface area contributed by atoms with Crippen LogP contribution in [0.1, 0.15) is 30.7 Å². The highest BCUT2D eigenvalue weighted by molar-refractivity contribution is 5.78. The maximum atomic E-state index is 13.1. The summed E-state index contributed by atoms with van der Waals surface area (Å²) < 4.78 is 18.4. The first-order chi connectivity index (χ1) is 15.2. The third-order valence-electron chi connectivity index (χ3n) is 5.67. The van der Waals surface area contributed by atoms with Gasteiger partial charge in [0.15, 0.2) is 0 Å². The highest BCUT2D eigenvalue weighted by Gasteiger charge is 2.25. The van der Waals surface area contributed by atoms with E-state index < -0.39 is 0 Å². The molecule has 0 saturated carbocycles. The van der Waals surface area contributed by atoms with E-state index in [1.165, 1.54) is 17.7 Å². The number of carbonyl (C=O) groups excluding carboxylic acids is 1. The Balaban J connectivity index is 1.17. The molecule has 2 aromatic carbocycles. The van der Waals surface area contributed by atoms with Crippen molar-refractivity contribution in [2.24, 2.45) is 5.92 Å². The zero-order chi connectivity index (χ0) is 21.5.